The molecule has 0 atom stereocenters. The van der Waals surface area contributed by atoms with Crippen LogP contribution >= 0.6 is 0 Å². The Morgan fingerprint density at radius 2 is 1.93 bits per heavy atom. The predicted molar refractivity (Wildman–Crippen MR) is 55.1 cm³/mol. The molecule has 0 bridgehead atoms. The Morgan fingerprint density at radius 3 is 2.36 bits per heavy atom. The second-order valence-corrected chi connectivity index (χ2v) is 4.00. The zero-order valence-corrected chi connectivity index (χ0v) is 8.54. The van der Waals surface area contributed by atoms with Gasteiger partial charge in [-0.05, 0) is 17.7 Å². The first-order valence-electron chi connectivity index (χ1n) is 3.93. The van der Waals surface area contributed by atoms with Crippen LogP contribution in [0.3, 0.4) is 0 Å². The standard InChI is InChI=1S/C9H11NO3S/c1-3-8-4-6-9(7-5-8)13-14(11,12)10-2/h3-7,10H,1H2,2H3. The van der Waals surface area contributed by atoms with Gasteiger partial charge in [0, 0.05) is 7.05 Å². The molecule has 0 spiro atoms. The topological polar surface area (TPSA) is 55.4 Å². The average molecular weight is 213 g/mol. The summed E-state index contributed by atoms with van der Waals surface area (Å²) >= 11 is 0. The molecule has 0 aliphatic rings. The summed E-state index contributed by atoms with van der Waals surface area (Å²) in [6.07, 6.45) is 1.66. The first kappa shape index (κ1) is 10.7. The van der Waals surface area contributed by atoms with Crippen LogP contribution in [-0.4, -0.2) is 15.5 Å². The van der Waals surface area contributed by atoms with Crippen LogP contribution in [0.15, 0.2) is 30.8 Å². The van der Waals surface area contributed by atoms with E-state index in [2.05, 4.69) is 10.8 Å². The second-order valence-electron chi connectivity index (χ2n) is 2.51. The van der Waals surface area contributed by atoms with Crippen LogP contribution in [0.5, 0.6) is 5.75 Å². The summed E-state index contributed by atoms with van der Waals surface area (Å²) < 4.78 is 28.7. The molecule has 5 heteroatoms. The lowest BCUT2D eigenvalue weighted by molar-refractivity contribution is 0.477. The number of rotatable bonds is 4. The van der Waals surface area contributed by atoms with Gasteiger partial charge in [-0.2, -0.15) is 13.1 Å². The fraction of sp³-hybridized carbons (Fsp3) is 0.111. The SMILES string of the molecule is C=Cc1ccc(OS(=O)(=O)NC)cc1. The fourth-order valence-corrected chi connectivity index (χ4v) is 1.28. The van der Waals surface area contributed by atoms with Gasteiger partial charge >= 0.3 is 10.3 Å². The summed E-state index contributed by atoms with van der Waals surface area (Å²) in [7, 11) is -2.38. The molecule has 0 amide bonds. The third-order valence-corrected chi connectivity index (χ3v) is 2.48. The maximum absolute atomic E-state index is 11.0. The Balaban J connectivity index is 2.84. The molecule has 0 fully saturated rings. The molecule has 14 heavy (non-hydrogen) atoms. The second kappa shape index (κ2) is 4.26. The van der Waals surface area contributed by atoms with E-state index in [1.54, 1.807) is 30.3 Å². The first-order chi connectivity index (χ1) is 6.57. The highest BCUT2D eigenvalue weighted by atomic mass is 32.2. The van der Waals surface area contributed by atoms with Crippen molar-refractivity contribution in [2.45, 2.75) is 0 Å². The van der Waals surface area contributed by atoms with E-state index in [0.717, 1.165) is 5.56 Å². The number of hydrogen-bond acceptors (Lipinski definition) is 3. The van der Waals surface area contributed by atoms with Gasteiger partial charge in [-0.25, -0.2) is 0 Å². The third-order valence-electron chi connectivity index (χ3n) is 1.57. The molecule has 0 saturated heterocycles. The molecule has 0 aliphatic heterocycles. The van der Waals surface area contributed by atoms with Crippen molar-refractivity contribution in [3.63, 3.8) is 0 Å². The van der Waals surface area contributed by atoms with Crippen molar-refractivity contribution in [1.82, 2.24) is 4.72 Å². The molecule has 0 radical (unpaired) electrons. The summed E-state index contributed by atoms with van der Waals surface area (Å²) in [5.74, 6) is 0.268. The minimum atomic E-state index is -3.67. The lowest BCUT2D eigenvalue weighted by Gasteiger charge is -2.04. The van der Waals surface area contributed by atoms with Crippen LogP contribution in [0.4, 0.5) is 0 Å². The highest BCUT2D eigenvalue weighted by Crippen LogP contribution is 2.14. The van der Waals surface area contributed by atoms with Gasteiger partial charge in [0.2, 0.25) is 0 Å². The summed E-state index contributed by atoms with van der Waals surface area (Å²) in [6.45, 7) is 3.58. The maximum atomic E-state index is 11.0. The predicted octanol–water partition coefficient (Wildman–Crippen LogP) is 1.17. The van der Waals surface area contributed by atoms with Gasteiger partial charge in [0.1, 0.15) is 5.75 Å². The monoisotopic (exact) mass is 213 g/mol. The van der Waals surface area contributed by atoms with Gasteiger partial charge in [-0.3, -0.25) is 0 Å². The van der Waals surface area contributed by atoms with Gasteiger partial charge in [0.05, 0.1) is 0 Å². The van der Waals surface area contributed by atoms with Gasteiger partial charge < -0.3 is 4.18 Å². The Hall–Kier alpha value is -1.33. The Morgan fingerprint density at radius 1 is 1.36 bits per heavy atom. The number of benzene rings is 1. The van der Waals surface area contributed by atoms with Crippen molar-refractivity contribution in [3.05, 3.63) is 36.4 Å². The van der Waals surface area contributed by atoms with Gasteiger partial charge in [-0.1, -0.05) is 24.8 Å². The lowest BCUT2D eigenvalue weighted by atomic mass is 10.2. The third kappa shape index (κ3) is 2.86. The highest BCUT2D eigenvalue weighted by molar-refractivity contribution is 7.85. The molecular weight excluding hydrogens is 202 g/mol. The normalized spacial score (nSPS) is 10.9. The molecule has 0 aliphatic carbocycles. The lowest BCUT2D eigenvalue weighted by Crippen LogP contribution is -2.24. The largest absolute Gasteiger partial charge is 0.382 e. The fourth-order valence-electron chi connectivity index (χ4n) is 0.828. The van der Waals surface area contributed by atoms with Crippen molar-refractivity contribution in [1.29, 1.82) is 0 Å². The summed E-state index contributed by atoms with van der Waals surface area (Å²) in [4.78, 5) is 0. The molecule has 1 N–H and O–H groups in total. The highest BCUT2D eigenvalue weighted by Gasteiger charge is 2.07. The minimum Gasteiger partial charge on any atom is -0.371 e. The quantitative estimate of drug-likeness (QED) is 0.816. The van der Waals surface area contributed by atoms with E-state index in [0.29, 0.717) is 0 Å². The van der Waals surface area contributed by atoms with E-state index >= 15 is 0 Å². The van der Waals surface area contributed by atoms with Crippen molar-refractivity contribution in [2.24, 2.45) is 0 Å². The Bertz CT molecular complexity index is 408. The molecule has 1 rings (SSSR count). The van der Waals surface area contributed by atoms with E-state index in [1.165, 1.54) is 7.05 Å². The van der Waals surface area contributed by atoms with Crippen LogP contribution in [0.1, 0.15) is 5.56 Å². The number of nitrogens with one attached hydrogen (secondary N) is 1. The first-order valence-corrected chi connectivity index (χ1v) is 5.33. The average Bonchev–Trinajstić information content (AvgIpc) is 2.19. The minimum absolute atomic E-state index is 0.268. The van der Waals surface area contributed by atoms with E-state index in [-0.39, 0.29) is 5.75 Å². The zero-order valence-electron chi connectivity index (χ0n) is 7.73. The molecule has 1 aromatic rings. The Kier molecular flexibility index (Phi) is 3.27. The van der Waals surface area contributed by atoms with E-state index < -0.39 is 10.3 Å². The molecule has 76 valence electrons. The molecule has 1 aromatic carbocycles. The van der Waals surface area contributed by atoms with Crippen LogP contribution in [0.2, 0.25) is 0 Å². The molecule has 0 saturated carbocycles. The molecule has 0 unspecified atom stereocenters. The summed E-state index contributed by atoms with van der Waals surface area (Å²) in [6, 6.07) is 6.55. The number of hydrogen-bond donors (Lipinski definition) is 1. The smallest absolute Gasteiger partial charge is 0.371 e. The maximum Gasteiger partial charge on any atom is 0.382 e. The molecule has 0 heterocycles. The van der Waals surface area contributed by atoms with Crippen molar-refractivity contribution < 1.29 is 12.6 Å². The molecular formula is C9H11NO3S. The van der Waals surface area contributed by atoms with Crippen LogP contribution in [0, 0.1) is 0 Å². The molecule has 4 nitrogen and oxygen atoms in total. The van der Waals surface area contributed by atoms with E-state index in [4.69, 9.17) is 0 Å². The van der Waals surface area contributed by atoms with Crippen molar-refractivity contribution in [2.75, 3.05) is 7.05 Å². The van der Waals surface area contributed by atoms with E-state index in [1.807, 2.05) is 4.72 Å². The Labute approximate surface area is 83.5 Å². The van der Waals surface area contributed by atoms with Gasteiger partial charge in [0.25, 0.3) is 0 Å². The van der Waals surface area contributed by atoms with Crippen LogP contribution in [-0.2, 0) is 10.3 Å². The van der Waals surface area contributed by atoms with Gasteiger partial charge in [-0.15, -0.1) is 0 Å². The molecule has 0 aromatic heterocycles. The van der Waals surface area contributed by atoms with E-state index in [9.17, 15) is 8.42 Å². The van der Waals surface area contributed by atoms with Crippen LogP contribution < -0.4 is 8.91 Å². The summed E-state index contributed by atoms with van der Waals surface area (Å²) in [5.41, 5.74) is 0.902. The van der Waals surface area contributed by atoms with Crippen LogP contribution in [0.25, 0.3) is 6.08 Å². The van der Waals surface area contributed by atoms with Gasteiger partial charge in [0.15, 0.2) is 0 Å². The van der Waals surface area contributed by atoms with Crippen molar-refractivity contribution >= 4 is 16.4 Å². The van der Waals surface area contributed by atoms with Crippen molar-refractivity contribution in [3.8, 4) is 5.75 Å². The zero-order chi connectivity index (χ0) is 10.6. The summed E-state index contributed by atoms with van der Waals surface area (Å²) in [5, 5.41) is 0.